The van der Waals surface area contributed by atoms with Gasteiger partial charge < -0.3 is 19.3 Å². The molecule has 24 heavy (non-hydrogen) atoms. The van der Waals surface area contributed by atoms with Gasteiger partial charge in [0, 0.05) is 31.7 Å². The summed E-state index contributed by atoms with van der Waals surface area (Å²) in [7, 11) is 0. The molecule has 7 nitrogen and oxygen atoms in total. The second-order valence-electron chi connectivity index (χ2n) is 8.71. The highest BCUT2D eigenvalue weighted by Gasteiger charge is 2.53. The van der Waals surface area contributed by atoms with Crippen LogP contribution in [0.5, 0.6) is 0 Å². The van der Waals surface area contributed by atoms with Crippen molar-refractivity contribution in [1.29, 1.82) is 0 Å². The Morgan fingerprint density at radius 2 is 1.46 bits per heavy atom. The van der Waals surface area contributed by atoms with Crippen molar-refractivity contribution in [1.82, 2.24) is 14.7 Å². The number of ether oxygens (including phenoxy) is 2. The Bertz CT molecular complexity index is 490. The van der Waals surface area contributed by atoms with Gasteiger partial charge in [-0.2, -0.15) is 0 Å². The summed E-state index contributed by atoms with van der Waals surface area (Å²) >= 11 is 0. The number of piperazine rings is 1. The van der Waals surface area contributed by atoms with Crippen LogP contribution in [0.3, 0.4) is 0 Å². The minimum atomic E-state index is -0.516. The molecular formula is C17H31N3O4. The molecule has 3 amide bonds. The smallest absolute Gasteiger partial charge is 0.410 e. The lowest BCUT2D eigenvalue weighted by molar-refractivity contribution is 0.00462. The third kappa shape index (κ3) is 4.32. The van der Waals surface area contributed by atoms with Crippen molar-refractivity contribution in [3.05, 3.63) is 0 Å². The average molecular weight is 341 g/mol. The van der Waals surface area contributed by atoms with Gasteiger partial charge in [-0.15, -0.1) is 0 Å². The van der Waals surface area contributed by atoms with Crippen LogP contribution in [0.2, 0.25) is 0 Å². The normalized spacial score (nSPS) is 24.6. The molecule has 0 saturated carbocycles. The maximum Gasteiger partial charge on any atom is 0.410 e. The van der Waals surface area contributed by atoms with Crippen molar-refractivity contribution in [2.24, 2.45) is 0 Å². The summed E-state index contributed by atoms with van der Waals surface area (Å²) in [6.45, 7) is 16.0. The minimum absolute atomic E-state index is 0.0358. The van der Waals surface area contributed by atoms with Crippen molar-refractivity contribution >= 4 is 12.1 Å². The predicted octanol–water partition coefficient (Wildman–Crippen LogP) is 2.51. The van der Waals surface area contributed by atoms with E-state index in [2.05, 4.69) is 0 Å². The number of carbonyl (C=O) groups is 2. The Balaban J connectivity index is 1.96. The van der Waals surface area contributed by atoms with E-state index in [-0.39, 0.29) is 17.7 Å². The fraction of sp³-hybridized carbons (Fsp3) is 0.882. The highest BCUT2D eigenvalue weighted by atomic mass is 16.6. The molecule has 2 fully saturated rings. The van der Waals surface area contributed by atoms with Crippen molar-refractivity contribution in [2.45, 2.75) is 65.3 Å². The number of carbonyl (C=O) groups excluding carboxylic acids is 2. The van der Waals surface area contributed by atoms with Gasteiger partial charge in [0.25, 0.3) is 0 Å². The van der Waals surface area contributed by atoms with Gasteiger partial charge in [0.2, 0.25) is 0 Å². The number of hydrogen-bond donors (Lipinski definition) is 0. The number of rotatable bonds is 1. The number of nitrogens with zero attached hydrogens (tertiary/aromatic N) is 3. The molecule has 2 aliphatic rings. The fourth-order valence-corrected chi connectivity index (χ4v) is 2.98. The standard InChI is InChI=1S/C17H31N3O4/c1-15(2,3)20(17(7)12-23-17)13(21)18-8-10-19(11-9-18)14(22)24-16(4,5)6/h8-12H2,1-7H3/t17-/m1/s1. The van der Waals surface area contributed by atoms with E-state index in [0.717, 1.165) is 0 Å². The van der Waals surface area contributed by atoms with Crippen LogP contribution in [0, 0.1) is 0 Å². The van der Waals surface area contributed by atoms with Gasteiger partial charge in [0.15, 0.2) is 5.72 Å². The summed E-state index contributed by atoms with van der Waals surface area (Å²) in [5.74, 6) is 0. The number of amides is 3. The first-order valence-corrected chi connectivity index (χ1v) is 8.55. The third-order valence-corrected chi connectivity index (χ3v) is 4.10. The largest absolute Gasteiger partial charge is 0.444 e. The molecule has 0 aliphatic carbocycles. The summed E-state index contributed by atoms with van der Waals surface area (Å²) in [5.41, 5.74) is -1.35. The molecule has 0 N–H and O–H groups in total. The molecule has 2 rings (SSSR count). The maximum atomic E-state index is 13.0. The number of hydrogen-bond acceptors (Lipinski definition) is 4. The summed E-state index contributed by atoms with van der Waals surface area (Å²) in [6, 6.07) is -0.0358. The molecule has 1 atom stereocenters. The lowest BCUT2D eigenvalue weighted by Crippen LogP contribution is -2.61. The SMILES string of the molecule is CC(C)(C)OC(=O)N1CCN(C(=O)N(C(C)(C)C)[C@@]2(C)CO2)CC1. The van der Waals surface area contributed by atoms with Gasteiger partial charge in [-0.25, -0.2) is 9.59 Å². The van der Waals surface area contributed by atoms with Crippen LogP contribution in [-0.2, 0) is 9.47 Å². The van der Waals surface area contributed by atoms with E-state index < -0.39 is 11.3 Å². The first kappa shape index (κ1) is 18.8. The second kappa shape index (κ2) is 6.10. The Labute approximate surface area is 144 Å². The van der Waals surface area contributed by atoms with Gasteiger partial charge in [-0.1, -0.05) is 0 Å². The highest BCUT2D eigenvalue weighted by molar-refractivity contribution is 5.77. The maximum absolute atomic E-state index is 13.0. The quantitative estimate of drug-likeness (QED) is 0.687. The molecule has 2 heterocycles. The lowest BCUT2D eigenvalue weighted by atomic mass is 10.0. The third-order valence-electron chi connectivity index (χ3n) is 4.10. The molecule has 0 aromatic rings. The number of epoxide rings is 1. The van der Waals surface area contributed by atoms with Gasteiger partial charge in [0.1, 0.15) is 5.60 Å². The van der Waals surface area contributed by atoms with Gasteiger partial charge in [0.05, 0.1) is 6.61 Å². The molecule has 0 spiro atoms. The summed E-state index contributed by atoms with van der Waals surface area (Å²) < 4.78 is 10.9. The topological polar surface area (TPSA) is 65.6 Å². The highest BCUT2D eigenvalue weighted by Crippen LogP contribution is 2.37. The summed E-state index contributed by atoms with van der Waals surface area (Å²) in [6.07, 6.45) is -0.320. The summed E-state index contributed by atoms with van der Waals surface area (Å²) in [4.78, 5) is 30.4. The van der Waals surface area contributed by atoms with Gasteiger partial charge in [-0.3, -0.25) is 4.90 Å². The Kier molecular flexibility index (Phi) is 4.78. The van der Waals surface area contributed by atoms with E-state index in [1.807, 2.05) is 53.4 Å². The lowest BCUT2D eigenvalue weighted by Gasteiger charge is -2.44. The van der Waals surface area contributed by atoms with Crippen LogP contribution in [0.25, 0.3) is 0 Å². The van der Waals surface area contributed by atoms with Crippen LogP contribution in [-0.4, -0.2) is 76.5 Å². The molecule has 138 valence electrons. The van der Waals surface area contributed by atoms with Crippen LogP contribution in [0.1, 0.15) is 48.5 Å². The Hall–Kier alpha value is -1.50. The fourth-order valence-electron chi connectivity index (χ4n) is 2.98. The van der Waals surface area contributed by atoms with Crippen molar-refractivity contribution in [3.63, 3.8) is 0 Å². The van der Waals surface area contributed by atoms with Gasteiger partial charge in [-0.05, 0) is 48.5 Å². The van der Waals surface area contributed by atoms with E-state index in [1.54, 1.807) is 9.80 Å². The van der Waals surface area contributed by atoms with E-state index in [9.17, 15) is 9.59 Å². The van der Waals surface area contributed by atoms with Crippen molar-refractivity contribution in [3.8, 4) is 0 Å². The Morgan fingerprint density at radius 1 is 1.00 bits per heavy atom. The Morgan fingerprint density at radius 3 is 1.83 bits per heavy atom. The minimum Gasteiger partial charge on any atom is -0.444 e. The van der Waals surface area contributed by atoms with E-state index in [0.29, 0.717) is 32.8 Å². The molecule has 0 radical (unpaired) electrons. The molecule has 2 aliphatic heterocycles. The molecule has 2 saturated heterocycles. The first-order chi connectivity index (χ1) is 10.8. The van der Waals surface area contributed by atoms with Crippen LogP contribution < -0.4 is 0 Å². The molecule has 0 aromatic carbocycles. The zero-order chi connectivity index (χ0) is 18.3. The molecule has 0 bridgehead atoms. The van der Waals surface area contributed by atoms with Crippen LogP contribution >= 0.6 is 0 Å². The molecular weight excluding hydrogens is 310 g/mol. The van der Waals surface area contributed by atoms with E-state index in [4.69, 9.17) is 9.47 Å². The monoisotopic (exact) mass is 341 g/mol. The molecule has 0 unspecified atom stereocenters. The van der Waals surface area contributed by atoms with Crippen LogP contribution in [0.15, 0.2) is 0 Å². The van der Waals surface area contributed by atoms with Gasteiger partial charge >= 0.3 is 12.1 Å². The predicted molar refractivity (Wildman–Crippen MR) is 90.7 cm³/mol. The summed E-state index contributed by atoms with van der Waals surface area (Å²) in [5, 5.41) is 0. The average Bonchev–Trinajstić information content (AvgIpc) is 3.13. The first-order valence-electron chi connectivity index (χ1n) is 8.55. The molecule has 7 heteroatoms. The molecule has 0 aromatic heterocycles. The van der Waals surface area contributed by atoms with E-state index >= 15 is 0 Å². The van der Waals surface area contributed by atoms with E-state index in [1.165, 1.54) is 0 Å². The number of urea groups is 1. The zero-order valence-electron chi connectivity index (χ0n) is 16.0. The second-order valence-corrected chi connectivity index (χ2v) is 8.71. The van der Waals surface area contributed by atoms with Crippen molar-refractivity contribution in [2.75, 3.05) is 32.8 Å². The van der Waals surface area contributed by atoms with Crippen LogP contribution in [0.4, 0.5) is 9.59 Å². The zero-order valence-corrected chi connectivity index (χ0v) is 16.0. The van der Waals surface area contributed by atoms with Crippen molar-refractivity contribution < 1.29 is 19.1 Å².